The number of hydrogen-bond acceptors (Lipinski definition) is 1. The SMILES string of the molecule is Cc1ccc2c(c1)CC(CCN)=C2. The molecule has 1 nitrogen and oxygen atoms in total. The average molecular weight is 173 g/mol. The van der Waals surface area contributed by atoms with E-state index in [-0.39, 0.29) is 0 Å². The molecule has 1 heteroatoms. The third kappa shape index (κ3) is 1.65. The van der Waals surface area contributed by atoms with Crippen molar-refractivity contribution in [2.45, 2.75) is 19.8 Å². The number of nitrogens with two attached hydrogens (primary N) is 1. The van der Waals surface area contributed by atoms with Crippen molar-refractivity contribution in [3.8, 4) is 0 Å². The lowest BCUT2D eigenvalue weighted by atomic mass is 10.1. The molecule has 0 aliphatic heterocycles. The summed E-state index contributed by atoms with van der Waals surface area (Å²) in [5.74, 6) is 0. The zero-order valence-corrected chi connectivity index (χ0v) is 8.01. The van der Waals surface area contributed by atoms with Crippen LogP contribution in [0.3, 0.4) is 0 Å². The summed E-state index contributed by atoms with van der Waals surface area (Å²) in [7, 11) is 0. The minimum absolute atomic E-state index is 0.763. The number of aryl methyl sites for hydroxylation is 1. The Balaban J connectivity index is 2.25. The summed E-state index contributed by atoms with van der Waals surface area (Å²) in [6.07, 6.45) is 4.42. The summed E-state index contributed by atoms with van der Waals surface area (Å²) >= 11 is 0. The van der Waals surface area contributed by atoms with Gasteiger partial charge in [0.1, 0.15) is 0 Å². The quantitative estimate of drug-likeness (QED) is 0.729. The summed E-state index contributed by atoms with van der Waals surface area (Å²) in [5, 5.41) is 0. The molecule has 0 bridgehead atoms. The van der Waals surface area contributed by atoms with E-state index in [1.54, 1.807) is 0 Å². The van der Waals surface area contributed by atoms with Crippen molar-refractivity contribution in [3.63, 3.8) is 0 Å². The van der Waals surface area contributed by atoms with E-state index in [4.69, 9.17) is 5.73 Å². The Kier molecular flexibility index (Phi) is 2.19. The third-order valence-electron chi connectivity index (χ3n) is 2.54. The lowest BCUT2D eigenvalue weighted by Crippen LogP contribution is -1.99. The van der Waals surface area contributed by atoms with Gasteiger partial charge in [-0.15, -0.1) is 0 Å². The van der Waals surface area contributed by atoms with Gasteiger partial charge in [0.25, 0.3) is 0 Å². The summed E-state index contributed by atoms with van der Waals surface area (Å²) in [6, 6.07) is 6.64. The van der Waals surface area contributed by atoms with Crippen LogP contribution in [0, 0.1) is 6.92 Å². The first kappa shape index (κ1) is 8.52. The fourth-order valence-electron chi connectivity index (χ4n) is 1.89. The Labute approximate surface area is 79.3 Å². The summed E-state index contributed by atoms with van der Waals surface area (Å²) < 4.78 is 0. The van der Waals surface area contributed by atoms with E-state index in [1.807, 2.05) is 0 Å². The number of rotatable bonds is 2. The topological polar surface area (TPSA) is 26.0 Å². The van der Waals surface area contributed by atoms with Gasteiger partial charge in [-0.1, -0.05) is 35.4 Å². The van der Waals surface area contributed by atoms with Crippen molar-refractivity contribution in [1.29, 1.82) is 0 Å². The molecular weight excluding hydrogens is 158 g/mol. The molecule has 0 fully saturated rings. The van der Waals surface area contributed by atoms with Crippen LogP contribution in [0.5, 0.6) is 0 Å². The first-order chi connectivity index (χ1) is 6.29. The molecule has 1 aliphatic carbocycles. The van der Waals surface area contributed by atoms with Gasteiger partial charge in [-0.3, -0.25) is 0 Å². The molecule has 0 heterocycles. The van der Waals surface area contributed by atoms with Gasteiger partial charge in [-0.25, -0.2) is 0 Å². The van der Waals surface area contributed by atoms with Gasteiger partial charge in [-0.2, -0.15) is 0 Å². The smallest absolute Gasteiger partial charge is 0.00397 e. The van der Waals surface area contributed by atoms with Crippen LogP contribution in [0.4, 0.5) is 0 Å². The summed E-state index contributed by atoms with van der Waals surface area (Å²) in [6.45, 7) is 2.90. The van der Waals surface area contributed by atoms with Gasteiger partial charge in [0.15, 0.2) is 0 Å². The van der Waals surface area contributed by atoms with Crippen molar-refractivity contribution in [2.75, 3.05) is 6.54 Å². The number of benzene rings is 1. The Morgan fingerprint density at radius 2 is 2.23 bits per heavy atom. The van der Waals surface area contributed by atoms with Crippen molar-refractivity contribution in [1.82, 2.24) is 0 Å². The fraction of sp³-hybridized carbons (Fsp3) is 0.333. The maximum atomic E-state index is 5.53. The molecule has 1 aromatic carbocycles. The molecule has 68 valence electrons. The van der Waals surface area contributed by atoms with E-state index in [1.165, 1.54) is 22.3 Å². The van der Waals surface area contributed by atoms with Gasteiger partial charge >= 0.3 is 0 Å². The second-order valence-electron chi connectivity index (χ2n) is 3.72. The van der Waals surface area contributed by atoms with Gasteiger partial charge in [-0.05, 0) is 37.4 Å². The zero-order valence-electron chi connectivity index (χ0n) is 8.01. The maximum absolute atomic E-state index is 5.53. The van der Waals surface area contributed by atoms with Crippen LogP contribution in [-0.2, 0) is 6.42 Å². The van der Waals surface area contributed by atoms with Crippen LogP contribution in [0.1, 0.15) is 23.1 Å². The van der Waals surface area contributed by atoms with E-state index < -0.39 is 0 Å². The summed E-state index contributed by atoms with van der Waals surface area (Å²) in [4.78, 5) is 0. The molecule has 2 rings (SSSR count). The summed E-state index contributed by atoms with van der Waals surface area (Å²) in [5.41, 5.74) is 11.2. The van der Waals surface area contributed by atoms with Crippen molar-refractivity contribution in [3.05, 3.63) is 40.5 Å². The number of hydrogen-bond donors (Lipinski definition) is 1. The minimum atomic E-state index is 0.763. The number of fused-ring (bicyclic) bond motifs is 1. The van der Waals surface area contributed by atoms with Crippen LogP contribution in [0.15, 0.2) is 23.8 Å². The highest BCUT2D eigenvalue weighted by atomic mass is 14.5. The molecule has 2 N–H and O–H groups in total. The molecular formula is C12H15N. The van der Waals surface area contributed by atoms with E-state index in [2.05, 4.69) is 31.2 Å². The zero-order chi connectivity index (χ0) is 9.26. The lowest BCUT2D eigenvalue weighted by Gasteiger charge is -2.00. The highest BCUT2D eigenvalue weighted by Crippen LogP contribution is 2.26. The van der Waals surface area contributed by atoms with E-state index in [9.17, 15) is 0 Å². The van der Waals surface area contributed by atoms with E-state index in [0.29, 0.717) is 0 Å². The van der Waals surface area contributed by atoms with Crippen molar-refractivity contribution >= 4 is 6.08 Å². The Morgan fingerprint density at radius 3 is 3.00 bits per heavy atom. The van der Waals surface area contributed by atoms with Crippen LogP contribution in [-0.4, -0.2) is 6.54 Å². The second kappa shape index (κ2) is 3.35. The van der Waals surface area contributed by atoms with Crippen molar-refractivity contribution < 1.29 is 0 Å². The molecule has 0 radical (unpaired) electrons. The predicted octanol–water partition coefficient (Wildman–Crippen LogP) is 2.28. The van der Waals surface area contributed by atoms with Crippen LogP contribution in [0.2, 0.25) is 0 Å². The average Bonchev–Trinajstić information content (AvgIpc) is 2.46. The second-order valence-corrected chi connectivity index (χ2v) is 3.72. The van der Waals surface area contributed by atoms with Crippen molar-refractivity contribution in [2.24, 2.45) is 5.73 Å². The lowest BCUT2D eigenvalue weighted by molar-refractivity contribution is 0.926. The molecule has 0 aromatic heterocycles. The molecule has 0 amide bonds. The predicted molar refractivity (Wildman–Crippen MR) is 56.5 cm³/mol. The molecule has 0 saturated heterocycles. The van der Waals surface area contributed by atoms with Gasteiger partial charge in [0, 0.05) is 0 Å². The maximum Gasteiger partial charge on any atom is -0.00397 e. The van der Waals surface area contributed by atoms with Gasteiger partial charge < -0.3 is 5.73 Å². The van der Waals surface area contributed by atoms with E-state index >= 15 is 0 Å². The Morgan fingerprint density at radius 1 is 1.38 bits per heavy atom. The van der Waals surface area contributed by atoms with Gasteiger partial charge in [0.05, 0.1) is 0 Å². The third-order valence-corrected chi connectivity index (χ3v) is 2.54. The highest BCUT2D eigenvalue weighted by molar-refractivity contribution is 5.64. The molecule has 0 saturated carbocycles. The Hall–Kier alpha value is -1.08. The first-order valence-corrected chi connectivity index (χ1v) is 4.78. The van der Waals surface area contributed by atoms with Crippen LogP contribution < -0.4 is 5.73 Å². The molecule has 1 aromatic rings. The normalized spacial score (nSPS) is 14.2. The van der Waals surface area contributed by atoms with Crippen LogP contribution >= 0.6 is 0 Å². The van der Waals surface area contributed by atoms with Crippen LogP contribution in [0.25, 0.3) is 6.08 Å². The molecule has 1 aliphatic rings. The minimum Gasteiger partial charge on any atom is -0.330 e. The highest BCUT2D eigenvalue weighted by Gasteiger charge is 2.11. The largest absolute Gasteiger partial charge is 0.330 e. The monoisotopic (exact) mass is 173 g/mol. The Bertz CT molecular complexity index is 350. The fourth-order valence-corrected chi connectivity index (χ4v) is 1.89. The first-order valence-electron chi connectivity index (χ1n) is 4.78. The molecule has 0 spiro atoms. The molecule has 13 heavy (non-hydrogen) atoms. The van der Waals surface area contributed by atoms with Gasteiger partial charge in [0.2, 0.25) is 0 Å². The molecule has 0 unspecified atom stereocenters. The van der Waals surface area contributed by atoms with E-state index in [0.717, 1.165) is 19.4 Å². The molecule has 0 atom stereocenters. The standard InChI is InChI=1S/C12H15N/c1-9-2-3-11-7-10(4-5-13)8-12(11)6-9/h2-3,6-7H,4-5,8,13H2,1H3.